The zero-order valence-corrected chi connectivity index (χ0v) is 12.9. The quantitative estimate of drug-likeness (QED) is 0.488. The molecule has 0 saturated carbocycles. The lowest BCUT2D eigenvalue weighted by Crippen LogP contribution is -2.29. The molecule has 0 unspecified atom stereocenters. The second-order valence-electron chi connectivity index (χ2n) is 4.63. The maximum atomic E-state index is 12.3. The number of thioether (sulfide) groups is 1. The van der Waals surface area contributed by atoms with Crippen molar-refractivity contribution in [2.24, 2.45) is 0 Å². The summed E-state index contributed by atoms with van der Waals surface area (Å²) in [6, 6.07) is 8.43. The van der Waals surface area contributed by atoms with E-state index >= 15 is 0 Å². The van der Waals surface area contributed by atoms with Gasteiger partial charge in [-0.2, -0.15) is 4.98 Å². The molecule has 0 radical (unpaired) electrons. The first-order valence-corrected chi connectivity index (χ1v) is 7.77. The summed E-state index contributed by atoms with van der Waals surface area (Å²) in [4.78, 5) is 34.4. The molecule has 6 nitrogen and oxygen atoms in total. The highest BCUT2D eigenvalue weighted by atomic mass is 32.2. The summed E-state index contributed by atoms with van der Waals surface area (Å²) in [5, 5.41) is 0.533. The third-order valence-electron chi connectivity index (χ3n) is 3.33. The molecule has 3 rings (SSSR count). The van der Waals surface area contributed by atoms with E-state index in [-0.39, 0.29) is 18.4 Å². The van der Waals surface area contributed by atoms with E-state index in [4.69, 9.17) is 4.74 Å². The Morgan fingerprint density at radius 2 is 1.77 bits per heavy atom. The van der Waals surface area contributed by atoms with Gasteiger partial charge in [-0.15, -0.1) is 0 Å². The van der Waals surface area contributed by atoms with E-state index < -0.39 is 0 Å². The molecule has 2 aromatic rings. The van der Waals surface area contributed by atoms with Crippen LogP contribution in [-0.4, -0.2) is 40.0 Å². The zero-order valence-electron chi connectivity index (χ0n) is 12.1. The maximum Gasteiger partial charge on any atom is 0.261 e. The maximum absolute atomic E-state index is 12.3. The molecule has 0 fully saturated rings. The van der Waals surface area contributed by atoms with Gasteiger partial charge in [-0.1, -0.05) is 23.9 Å². The first kappa shape index (κ1) is 14.5. The first-order valence-electron chi connectivity index (χ1n) is 6.55. The van der Waals surface area contributed by atoms with Gasteiger partial charge in [-0.25, -0.2) is 4.98 Å². The van der Waals surface area contributed by atoms with E-state index in [0.29, 0.717) is 27.9 Å². The topological polar surface area (TPSA) is 72.4 Å². The lowest BCUT2D eigenvalue weighted by molar-refractivity contribution is 0.0640. The molecular formula is C15H13N3O3S. The highest BCUT2D eigenvalue weighted by Gasteiger charge is 2.35. The van der Waals surface area contributed by atoms with Crippen molar-refractivity contribution < 1.29 is 14.3 Å². The van der Waals surface area contributed by atoms with Crippen LogP contribution in [0, 0.1) is 0 Å². The number of aromatic nitrogens is 2. The smallest absolute Gasteiger partial charge is 0.261 e. The van der Waals surface area contributed by atoms with E-state index in [2.05, 4.69) is 9.97 Å². The van der Waals surface area contributed by atoms with E-state index in [9.17, 15) is 9.59 Å². The highest BCUT2D eigenvalue weighted by molar-refractivity contribution is 7.98. The number of carbonyl (C=O) groups excluding carboxylic acids is 2. The third kappa shape index (κ3) is 2.43. The standard InChI is InChI=1S/C15H13N3O3S/c1-21-12-7-9(16-15(17-12)22-2)8-18-13(19)10-5-3-4-6-11(10)14(18)20/h3-7H,8H2,1-2H3. The van der Waals surface area contributed by atoms with Crippen molar-refractivity contribution in [2.75, 3.05) is 13.4 Å². The molecule has 2 amide bonds. The number of carbonyl (C=O) groups is 2. The molecule has 2 heterocycles. The third-order valence-corrected chi connectivity index (χ3v) is 3.87. The van der Waals surface area contributed by atoms with Crippen LogP contribution >= 0.6 is 11.8 Å². The minimum atomic E-state index is -0.302. The van der Waals surface area contributed by atoms with Crippen molar-refractivity contribution in [3.63, 3.8) is 0 Å². The number of hydrogen-bond acceptors (Lipinski definition) is 6. The molecule has 7 heteroatoms. The Morgan fingerprint density at radius 1 is 1.14 bits per heavy atom. The number of methoxy groups -OCH3 is 1. The summed E-state index contributed by atoms with van der Waals surface area (Å²) < 4.78 is 5.12. The monoisotopic (exact) mass is 315 g/mol. The molecule has 112 valence electrons. The van der Waals surface area contributed by atoms with Crippen LogP contribution in [0.1, 0.15) is 26.4 Å². The molecule has 1 aromatic carbocycles. The van der Waals surface area contributed by atoms with Gasteiger partial charge >= 0.3 is 0 Å². The Kier molecular flexibility index (Phi) is 3.81. The fourth-order valence-electron chi connectivity index (χ4n) is 2.27. The molecule has 0 saturated heterocycles. The van der Waals surface area contributed by atoms with Gasteiger partial charge in [0.25, 0.3) is 11.8 Å². The molecule has 0 N–H and O–H groups in total. The Balaban J connectivity index is 1.92. The normalized spacial score (nSPS) is 13.5. The number of ether oxygens (including phenoxy) is 1. The molecule has 0 bridgehead atoms. The summed E-state index contributed by atoms with van der Waals surface area (Å²) in [5.41, 5.74) is 1.42. The van der Waals surface area contributed by atoms with Gasteiger partial charge in [0.15, 0.2) is 5.16 Å². The lowest BCUT2D eigenvalue weighted by atomic mass is 10.1. The average molecular weight is 315 g/mol. The van der Waals surface area contributed by atoms with Crippen LogP contribution in [0.2, 0.25) is 0 Å². The molecule has 1 aliphatic rings. The Labute approximate surface area is 131 Å². The molecule has 22 heavy (non-hydrogen) atoms. The van der Waals surface area contributed by atoms with Crippen molar-refractivity contribution in [1.29, 1.82) is 0 Å². The van der Waals surface area contributed by atoms with Gasteiger partial charge in [0.1, 0.15) is 0 Å². The van der Waals surface area contributed by atoms with Crippen molar-refractivity contribution in [3.8, 4) is 5.88 Å². The molecule has 0 spiro atoms. The van der Waals surface area contributed by atoms with E-state index in [0.717, 1.165) is 0 Å². The van der Waals surface area contributed by atoms with Gasteiger partial charge in [0.2, 0.25) is 5.88 Å². The molecule has 1 aliphatic heterocycles. The van der Waals surface area contributed by atoms with E-state index in [1.54, 1.807) is 30.3 Å². The number of imide groups is 1. The van der Waals surface area contributed by atoms with E-state index in [1.807, 2.05) is 6.26 Å². The van der Waals surface area contributed by atoms with Crippen LogP contribution in [-0.2, 0) is 6.54 Å². The van der Waals surface area contributed by atoms with Gasteiger partial charge in [-0.05, 0) is 18.4 Å². The van der Waals surface area contributed by atoms with Gasteiger partial charge < -0.3 is 4.74 Å². The lowest BCUT2D eigenvalue weighted by Gasteiger charge is -2.14. The van der Waals surface area contributed by atoms with Crippen LogP contribution in [0.4, 0.5) is 0 Å². The molecule has 0 aliphatic carbocycles. The predicted molar refractivity (Wildman–Crippen MR) is 81.0 cm³/mol. The summed E-state index contributed by atoms with van der Waals surface area (Å²) in [7, 11) is 1.51. The zero-order chi connectivity index (χ0) is 15.7. The minimum Gasteiger partial charge on any atom is -0.481 e. The Bertz CT molecular complexity index is 706. The van der Waals surface area contributed by atoms with Crippen molar-refractivity contribution in [3.05, 3.63) is 47.2 Å². The first-order chi connectivity index (χ1) is 10.6. The molecule has 1 aromatic heterocycles. The second-order valence-corrected chi connectivity index (χ2v) is 5.40. The predicted octanol–water partition coefficient (Wildman–Crippen LogP) is 2.00. The van der Waals surface area contributed by atoms with Crippen molar-refractivity contribution >= 4 is 23.6 Å². The number of fused-ring (bicyclic) bond motifs is 1. The number of amides is 2. The largest absolute Gasteiger partial charge is 0.481 e. The van der Waals surface area contributed by atoms with Crippen LogP contribution < -0.4 is 4.74 Å². The second kappa shape index (κ2) is 5.76. The van der Waals surface area contributed by atoms with Gasteiger partial charge in [0, 0.05) is 6.07 Å². The van der Waals surface area contributed by atoms with Crippen LogP contribution in [0.3, 0.4) is 0 Å². The summed E-state index contributed by atoms with van der Waals surface area (Å²) in [5.74, 6) is -0.196. The van der Waals surface area contributed by atoms with E-state index in [1.165, 1.54) is 23.8 Å². The minimum absolute atomic E-state index is 0.0960. The number of nitrogens with zero attached hydrogens (tertiary/aromatic N) is 3. The SMILES string of the molecule is COc1cc(CN2C(=O)c3ccccc3C2=O)nc(SC)n1. The number of benzene rings is 1. The van der Waals surface area contributed by atoms with Crippen LogP contribution in [0.25, 0.3) is 0 Å². The highest BCUT2D eigenvalue weighted by Crippen LogP contribution is 2.25. The summed E-state index contributed by atoms with van der Waals surface area (Å²) >= 11 is 1.37. The molecular weight excluding hydrogens is 302 g/mol. The number of hydrogen-bond donors (Lipinski definition) is 0. The Morgan fingerprint density at radius 3 is 2.32 bits per heavy atom. The van der Waals surface area contributed by atoms with Crippen molar-refractivity contribution in [2.45, 2.75) is 11.7 Å². The van der Waals surface area contributed by atoms with Crippen LogP contribution in [0.15, 0.2) is 35.5 Å². The van der Waals surface area contributed by atoms with Gasteiger partial charge in [0.05, 0.1) is 30.5 Å². The summed E-state index contributed by atoms with van der Waals surface area (Å²) in [6.07, 6.45) is 1.85. The average Bonchev–Trinajstić information content (AvgIpc) is 2.80. The summed E-state index contributed by atoms with van der Waals surface area (Å²) in [6.45, 7) is 0.0960. The van der Waals surface area contributed by atoms with Crippen molar-refractivity contribution in [1.82, 2.24) is 14.9 Å². The van der Waals surface area contributed by atoms with Gasteiger partial charge in [-0.3, -0.25) is 14.5 Å². The fraction of sp³-hybridized carbons (Fsp3) is 0.200. The van der Waals surface area contributed by atoms with Crippen LogP contribution in [0.5, 0.6) is 5.88 Å². The fourth-order valence-corrected chi connectivity index (χ4v) is 2.66. The number of rotatable bonds is 4. The Hall–Kier alpha value is -2.41. The molecule has 0 atom stereocenters.